The topological polar surface area (TPSA) is 26.3 Å². The maximum atomic E-state index is 11.9. The molecule has 1 heterocycles. The van der Waals surface area contributed by atoms with Crippen molar-refractivity contribution in [1.82, 2.24) is 0 Å². The zero-order chi connectivity index (χ0) is 15.7. The number of carbonyl (C=O) groups excluding carboxylic acids is 1. The summed E-state index contributed by atoms with van der Waals surface area (Å²) in [6.45, 7) is 2.05. The van der Waals surface area contributed by atoms with Gasteiger partial charge >= 0.3 is 0 Å². The Morgan fingerprint density at radius 3 is 2.68 bits per heavy atom. The predicted octanol–water partition coefficient (Wildman–Crippen LogP) is 5.24. The highest BCUT2D eigenvalue weighted by atomic mass is 79.9. The van der Waals surface area contributed by atoms with Gasteiger partial charge in [0.1, 0.15) is 17.8 Å². The summed E-state index contributed by atoms with van der Waals surface area (Å²) in [5, 5.41) is 0.566. The van der Waals surface area contributed by atoms with Crippen LogP contribution in [0.5, 0.6) is 5.75 Å². The Kier molecular flexibility index (Phi) is 4.50. The number of halogens is 2. The highest BCUT2D eigenvalue weighted by Crippen LogP contribution is 2.44. The highest BCUT2D eigenvalue weighted by Gasteiger charge is 2.30. The lowest BCUT2D eigenvalue weighted by molar-refractivity contribution is -0.108. The Hall–Kier alpha value is -1.39. The maximum Gasteiger partial charge on any atom is 0.132 e. The minimum atomic E-state index is -0.324. The smallest absolute Gasteiger partial charge is 0.132 e. The summed E-state index contributed by atoms with van der Waals surface area (Å²) in [6.07, 6.45) is 0.998. The van der Waals surface area contributed by atoms with Crippen molar-refractivity contribution in [2.75, 3.05) is 5.33 Å². The number of rotatable bonds is 3. The number of fused-ring (bicyclic) bond motifs is 1. The number of benzene rings is 2. The first-order valence-corrected chi connectivity index (χ1v) is 8.84. The largest absolute Gasteiger partial charge is 0.460 e. The van der Waals surface area contributed by atoms with E-state index in [1.807, 2.05) is 49.4 Å². The van der Waals surface area contributed by atoms with Gasteiger partial charge in [-0.3, -0.25) is 0 Å². The number of carbonyl (C=O) groups is 1. The van der Waals surface area contributed by atoms with Crippen molar-refractivity contribution in [3.63, 3.8) is 0 Å². The molecule has 112 valence electrons. The van der Waals surface area contributed by atoms with Crippen LogP contribution in [0.2, 0.25) is 0 Å². The molecule has 0 spiro atoms. The van der Waals surface area contributed by atoms with Crippen molar-refractivity contribution >= 4 is 43.7 Å². The quantitative estimate of drug-likeness (QED) is 0.500. The van der Waals surface area contributed by atoms with Crippen LogP contribution in [-0.4, -0.2) is 11.6 Å². The minimum absolute atomic E-state index is 0.324. The monoisotopic (exact) mass is 420 g/mol. The second-order valence-corrected chi connectivity index (χ2v) is 6.66. The summed E-state index contributed by atoms with van der Waals surface area (Å²) in [6, 6.07) is 13.8. The van der Waals surface area contributed by atoms with E-state index >= 15 is 0 Å². The van der Waals surface area contributed by atoms with E-state index in [4.69, 9.17) is 4.74 Å². The van der Waals surface area contributed by atoms with Crippen LogP contribution in [0, 0.1) is 6.92 Å². The number of ether oxygens (including phenoxy) is 1. The number of allylic oxidation sites excluding steroid dienone is 2. The summed E-state index contributed by atoms with van der Waals surface area (Å²) in [4.78, 5) is 11.9. The molecule has 0 radical (unpaired) electrons. The molecule has 0 fully saturated rings. The van der Waals surface area contributed by atoms with Crippen LogP contribution in [0.1, 0.15) is 22.6 Å². The van der Waals surface area contributed by atoms with Gasteiger partial charge in [0.2, 0.25) is 0 Å². The molecule has 0 bridgehead atoms. The molecule has 3 rings (SSSR count). The van der Waals surface area contributed by atoms with Crippen molar-refractivity contribution in [1.29, 1.82) is 0 Å². The molecule has 2 aromatic carbocycles. The third-order valence-corrected chi connectivity index (χ3v) is 4.85. The lowest BCUT2D eigenvalue weighted by Gasteiger charge is -2.28. The van der Waals surface area contributed by atoms with E-state index in [1.165, 1.54) is 0 Å². The Morgan fingerprint density at radius 1 is 1.23 bits per heavy atom. The number of alkyl halides is 1. The number of hydrogen-bond donors (Lipinski definition) is 0. The third-order valence-electron chi connectivity index (χ3n) is 3.84. The Balaban J connectivity index is 2.24. The molecule has 1 atom stereocenters. The Bertz CT molecular complexity index is 765. The molecular weight excluding hydrogens is 408 g/mol. The number of aldehydes is 1. The molecule has 0 amide bonds. The van der Waals surface area contributed by atoms with Gasteiger partial charge in [-0.1, -0.05) is 56.1 Å². The summed E-state index contributed by atoms with van der Waals surface area (Å²) < 4.78 is 6.98. The summed E-state index contributed by atoms with van der Waals surface area (Å²) in [5.74, 6) is 1.21. The van der Waals surface area contributed by atoms with Crippen molar-refractivity contribution in [2.24, 2.45) is 0 Å². The molecule has 1 unspecified atom stereocenters. The molecule has 0 saturated heterocycles. The average Bonchev–Trinajstić information content (AvgIpc) is 2.53. The molecule has 2 aromatic rings. The van der Waals surface area contributed by atoms with E-state index in [1.54, 1.807) is 0 Å². The van der Waals surface area contributed by atoms with Gasteiger partial charge in [-0.05, 0) is 36.2 Å². The second-order valence-electron chi connectivity index (χ2n) is 5.18. The van der Waals surface area contributed by atoms with Crippen LogP contribution in [-0.2, 0) is 4.79 Å². The molecule has 0 aliphatic carbocycles. The summed E-state index contributed by atoms with van der Waals surface area (Å²) in [5.41, 5.74) is 4.02. The summed E-state index contributed by atoms with van der Waals surface area (Å²) in [7, 11) is 0. The van der Waals surface area contributed by atoms with Gasteiger partial charge in [-0.2, -0.15) is 0 Å². The van der Waals surface area contributed by atoms with Gasteiger partial charge in [0.15, 0.2) is 0 Å². The van der Waals surface area contributed by atoms with E-state index in [0.29, 0.717) is 5.33 Å². The van der Waals surface area contributed by atoms with Crippen LogP contribution in [0.25, 0.3) is 5.57 Å². The standard InChI is InChI=1S/C18H14Br2O2/c1-11-4-2-3-5-13(11)18-15(10-21)14-8-12(20)6-7-16(14)22-17(18)9-19/h2-8,10,15H,9H2,1H3. The van der Waals surface area contributed by atoms with Gasteiger partial charge in [0.25, 0.3) is 0 Å². The molecule has 0 N–H and O–H groups in total. The lowest BCUT2D eigenvalue weighted by atomic mass is 9.83. The van der Waals surface area contributed by atoms with Gasteiger partial charge in [0, 0.05) is 15.6 Å². The number of hydrogen-bond acceptors (Lipinski definition) is 2. The molecule has 22 heavy (non-hydrogen) atoms. The molecule has 1 aliphatic heterocycles. The predicted molar refractivity (Wildman–Crippen MR) is 95.5 cm³/mol. The Morgan fingerprint density at radius 2 is 2.00 bits per heavy atom. The van der Waals surface area contributed by atoms with Gasteiger partial charge in [-0.25, -0.2) is 0 Å². The van der Waals surface area contributed by atoms with E-state index < -0.39 is 0 Å². The zero-order valence-corrected chi connectivity index (χ0v) is 15.1. The van der Waals surface area contributed by atoms with Crippen molar-refractivity contribution in [2.45, 2.75) is 12.8 Å². The second kappa shape index (κ2) is 6.39. The van der Waals surface area contributed by atoms with E-state index in [9.17, 15) is 4.79 Å². The first-order chi connectivity index (χ1) is 10.7. The number of aryl methyl sites for hydroxylation is 1. The zero-order valence-electron chi connectivity index (χ0n) is 12.0. The molecule has 4 heteroatoms. The molecule has 2 nitrogen and oxygen atoms in total. The molecule has 0 saturated carbocycles. The fraction of sp³-hybridized carbons (Fsp3) is 0.167. The lowest BCUT2D eigenvalue weighted by Crippen LogP contribution is -2.17. The van der Waals surface area contributed by atoms with Crippen molar-refractivity contribution in [3.8, 4) is 5.75 Å². The van der Waals surface area contributed by atoms with E-state index in [0.717, 1.165) is 44.5 Å². The van der Waals surface area contributed by atoms with E-state index in [-0.39, 0.29) is 5.92 Å². The van der Waals surface area contributed by atoms with Gasteiger partial charge in [0.05, 0.1) is 11.2 Å². The fourth-order valence-electron chi connectivity index (χ4n) is 2.81. The van der Waals surface area contributed by atoms with Crippen LogP contribution in [0.3, 0.4) is 0 Å². The van der Waals surface area contributed by atoms with Crippen molar-refractivity contribution < 1.29 is 9.53 Å². The van der Waals surface area contributed by atoms with Gasteiger partial charge < -0.3 is 9.53 Å². The summed E-state index contributed by atoms with van der Waals surface area (Å²) >= 11 is 6.96. The first-order valence-electron chi connectivity index (χ1n) is 6.93. The fourth-order valence-corrected chi connectivity index (χ4v) is 3.60. The first kappa shape index (κ1) is 15.5. The maximum absolute atomic E-state index is 11.9. The molecule has 1 aliphatic rings. The molecular formula is C18H14Br2O2. The van der Waals surface area contributed by atoms with Gasteiger partial charge in [-0.15, -0.1) is 0 Å². The SMILES string of the molecule is Cc1ccccc1C1=C(CBr)Oc2ccc(Br)cc2C1C=O. The molecule has 0 aromatic heterocycles. The van der Waals surface area contributed by atoms with Crippen molar-refractivity contribution in [3.05, 3.63) is 69.4 Å². The minimum Gasteiger partial charge on any atom is -0.460 e. The third kappa shape index (κ3) is 2.66. The normalized spacial score (nSPS) is 17.0. The highest BCUT2D eigenvalue weighted by molar-refractivity contribution is 9.10. The van der Waals surface area contributed by atoms with Crippen LogP contribution in [0.4, 0.5) is 0 Å². The Labute approximate surface area is 146 Å². The van der Waals surface area contributed by atoms with Crippen LogP contribution < -0.4 is 4.74 Å². The van der Waals surface area contributed by atoms with Crippen LogP contribution in [0.15, 0.2) is 52.7 Å². The van der Waals surface area contributed by atoms with Crippen LogP contribution >= 0.6 is 31.9 Å². The van der Waals surface area contributed by atoms with E-state index in [2.05, 4.69) is 31.9 Å². The average molecular weight is 422 g/mol.